The average molecular weight is 400 g/mol. The lowest BCUT2D eigenvalue weighted by atomic mass is 10.2. The molecule has 1 aliphatic heterocycles. The van der Waals surface area contributed by atoms with Gasteiger partial charge in [-0.05, 0) is 49.2 Å². The number of ketones is 1. The van der Waals surface area contributed by atoms with Gasteiger partial charge in [0.2, 0.25) is 0 Å². The Balaban J connectivity index is 1.58. The van der Waals surface area contributed by atoms with Gasteiger partial charge in [-0.1, -0.05) is 11.8 Å². The van der Waals surface area contributed by atoms with E-state index in [1.807, 2.05) is 34.5 Å². The molecule has 28 heavy (non-hydrogen) atoms. The lowest BCUT2D eigenvalue weighted by molar-refractivity contribution is 0.0953. The van der Waals surface area contributed by atoms with Gasteiger partial charge < -0.3 is 9.30 Å². The molecule has 6 nitrogen and oxygen atoms in total. The van der Waals surface area contributed by atoms with Gasteiger partial charge in [-0.15, -0.1) is 10.2 Å². The summed E-state index contributed by atoms with van der Waals surface area (Å²) >= 11 is 1.36. The predicted molar refractivity (Wildman–Crippen MR) is 105 cm³/mol. The van der Waals surface area contributed by atoms with E-state index in [1.54, 1.807) is 12.1 Å². The van der Waals surface area contributed by atoms with E-state index >= 15 is 0 Å². The van der Waals surface area contributed by atoms with Gasteiger partial charge >= 0.3 is 0 Å². The van der Waals surface area contributed by atoms with Crippen molar-refractivity contribution in [1.29, 1.82) is 0 Å². The van der Waals surface area contributed by atoms with Gasteiger partial charge in [0.25, 0.3) is 0 Å². The van der Waals surface area contributed by atoms with Crippen LogP contribution in [0, 0.1) is 5.82 Å². The number of ether oxygens (including phenoxy) is 1. The number of hydrogen-bond donors (Lipinski definition) is 0. The Morgan fingerprint density at radius 1 is 1.29 bits per heavy atom. The number of aryl methyl sites for hydroxylation is 1. The number of carbonyl (C=O) groups excluding carboxylic acids is 1. The first-order valence-corrected chi connectivity index (χ1v) is 10.2. The van der Waals surface area contributed by atoms with Crippen LogP contribution < -0.4 is 0 Å². The second kappa shape index (κ2) is 8.28. The SMILES string of the molecule is Cn1cccc1C(=O)CSc1nnc(-c2ccc(F)cc2)n1CC1CCCO1. The molecule has 0 amide bonds. The van der Waals surface area contributed by atoms with Crippen molar-refractivity contribution in [3.8, 4) is 11.4 Å². The van der Waals surface area contributed by atoms with Crippen molar-refractivity contribution < 1.29 is 13.9 Å². The van der Waals surface area contributed by atoms with Crippen LogP contribution in [0.5, 0.6) is 0 Å². The summed E-state index contributed by atoms with van der Waals surface area (Å²) < 4.78 is 22.9. The van der Waals surface area contributed by atoms with Gasteiger partial charge in [0, 0.05) is 25.4 Å². The van der Waals surface area contributed by atoms with Gasteiger partial charge in [0.1, 0.15) is 5.82 Å². The van der Waals surface area contributed by atoms with Crippen molar-refractivity contribution in [2.24, 2.45) is 7.05 Å². The number of Topliss-reactive ketones (excluding diaryl/α,β-unsaturated/α-hetero) is 1. The van der Waals surface area contributed by atoms with Crippen LogP contribution in [0.3, 0.4) is 0 Å². The van der Waals surface area contributed by atoms with Crippen LogP contribution in [0.1, 0.15) is 23.3 Å². The second-order valence-electron chi connectivity index (χ2n) is 6.77. The summed E-state index contributed by atoms with van der Waals surface area (Å²) in [4.78, 5) is 12.5. The molecule has 1 aromatic carbocycles. The van der Waals surface area contributed by atoms with Crippen molar-refractivity contribution in [1.82, 2.24) is 19.3 Å². The minimum atomic E-state index is -0.295. The van der Waals surface area contributed by atoms with Crippen molar-refractivity contribution in [3.63, 3.8) is 0 Å². The number of thioether (sulfide) groups is 1. The molecule has 0 bridgehead atoms. The van der Waals surface area contributed by atoms with Gasteiger partial charge in [-0.25, -0.2) is 4.39 Å². The highest BCUT2D eigenvalue weighted by Gasteiger charge is 2.22. The zero-order valence-corrected chi connectivity index (χ0v) is 16.4. The fourth-order valence-corrected chi connectivity index (χ4v) is 4.14. The van der Waals surface area contributed by atoms with E-state index in [0.29, 0.717) is 23.2 Å². The van der Waals surface area contributed by atoms with Crippen molar-refractivity contribution >= 4 is 17.5 Å². The quantitative estimate of drug-likeness (QED) is 0.448. The highest BCUT2D eigenvalue weighted by Crippen LogP contribution is 2.27. The first-order chi connectivity index (χ1) is 13.6. The molecular weight excluding hydrogens is 379 g/mol. The normalized spacial score (nSPS) is 16.6. The summed E-state index contributed by atoms with van der Waals surface area (Å²) in [6.07, 6.45) is 3.96. The van der Waals surface area contributed by atoms with Crippen molar-refractivity contribution in [3.05, 3.63) is 54.1 Å². The maximum atomic E-state index is 13.3. The maximum absolute atomic E-state index is 13.3. The number of aromatic nitrogens is 4. The molecule has 4 rings (SSSR count). The standard InChI is InChI=1S/C20H21FN4O2S/c1-24-10-2-5-17(24)18(26)13-28-20-23-22-19(14-6-8-15(21)9-7-14)25(20)12-16-4-3-11-27-16/h2,5-10,16H,3-4,11-13H2,1H3. The summed E-state index contributed by atoms with van der Waals surface area (Å²) in [5.41, 5.74) is 1.45. The molecule has 1 aliphatic rings. The molecule has 1 atom stereocenters. The summed E-state index contributed by atoms with van der Waals surface area (Å²) in [5, 5.41) is 9.28. The Kier molecular flexibility index (Phi) is 5.59. The highest BCUT2D eigenvalue weighted by atomic mass is 32.2. The Hall–Kier alpha value is -2.45. The molecule has 1 fully saturated rings. The molecular formula is C20H21FN4O2S. The van der Waals surface area contributed by atoms with Crippen LogP contribution in [0.2, 0.25) is 0 Å². The molecule has 8 heteroatoms. The fourth-order valence-electron chi connectivity index (χ4n) is 3.32. The van der Waals surface area contributed by atoms with Gasteiger partial charge in [-0.3, -0.25) is 9.36 Å². The number of carbonyl (C=O) groups is 1. The minimum absolute atomic E-state index is 0.0347. The van der Waals surface area contributed by atoms with Gasteiger partial charge in [-0.2, -0.15) is 0 Å². The van der Waals surface area contributed by atoms with Gasteiger partial charge in [0.05, 0.1) is 24.1 Å². The number of nitrogens with zero attached hydrogens (tertiary/aromatic N) is 4. The molecule has 146 valence electrons. The molecule has 0 radical (unpaired) electrons. The number of hydrogen-bond acceptors (Lipinski definition) is 5. The van der Waals surface area contributed by atoms with E-state index in [9.17, 15) is 9.18 Å². The molecule has 0 spiro atoms. The zero-order chi connectivity index (χ0) is 19.5. The highest BCUT2D eigenvalue weighted by molar-refractivity contribution is 7.99. The van der Waals surface area contributed by atoms with E-state index in [0.717, 1.165) is 25.0 Å². The van der Waals surface area contributed by atoms with E-state index < -0.39 is 0 Å². The lowest BCUT2D eigenvalue weighted by Gasteiger charge is -2.14. The topological polar surface area (TPSA) is 61.9 Å². The zero-order valence-electron chi connectivity index (χ0n) is 15.5. The minimum Gasteiger partial charge on any atom is -0.376 e. The third-order valence-electron chi connectivity index (χ3n) is 4.79. The monoisotopic (exact) mass is 400 g/mol. The average Bonchev–Trinajstić information content (AvgIpc) is 3.43. The molecule has 1 saturated heterocycles. The summed E-state index contributed by atoms with van der Waals surface area (Å²) in [6, 6.07) is 9.86. The maximum Gasteiger partial charge on any atom is 0.192 e. The predicted octanol–water partition coefficient (Wildman–Crippen LogP) is 3.58. The van der Waals surface area contributed by atoms with E-state index in [1.165, 1.54) is 23.9 Å². The summed E-state index contributed by atoms with van der Waals surface area (Å²) in [5.74, 6) is 0.666. The first-order valence-electron chi connectivity index (χ1n) is 9.20. The molecule has 3 heterocycles. The van der Waals surface area contributed by atoms with E-state index in [4.69, 9.17) is 4.74 Å². The molecule has 3 aromatic rings. The lowest BCUT2D eigenvalue weighted by Crippen LogP contribution is -2.17. The van der Waals surface area contributed by atoms with Crippen LogP contribution in [-0.4, -0.2) is 43.6 Å². The fraction of sp³-hybridized carbons (Fsp3) is 0.350. The van der Waals surface area contributed by atoms with Crippen molar-refractivity contribution in [2.45, 2.75) is 30.6 Å². The van der Waals surface area contributed by atoms with Crippen molar-refractivity contribution in [2.75, 3.05) is 12.4 Å². The second-order valence-corrected chi connectivity index (χ2v) is 7.72. The van der Waals surface area contributed by atoms with Crippen LogP contribution in [0.4, 0.5) is 4.39 Å². The molecule has 0 N–H and O–H groups in total. The number of benzene rings is 1. The van der Waals surface area contributed by atoms with Crippen LogP contribution in [-0.2, 0) is 18.3 Å². The summed E-state index contributed by atoms with van der Waals surface area (Å²) in [7, 11) is 1.85. The Bertz CT molecular complexity index is 961. The molecule has 0 aliphatic carbocycles. The molecule has 1 unspecified atom stereocenters. The Morgan fingerprint density at radius 2 is 2.11 bits per heavy atom. The third-order valence-corrected chi connectivity index (χ3v) is 5.76. The summed E-state index contributed by atoms with van der Waals surface area (Å²) in [6.45, 7) is 1.37. The Labute approximate surface area is 166 Å². The number of rotatable bonds is 7. The van der Waals surface area contributed by atoms with E-state index in [-0.39, 0.29) is 23.5 Å². The first kappa shape index (κ1) is 18.9. The van der Waals surface area contributed by atoms with E-state index in [2.05, 4.69) is 10.2 Å². The third kappa shape index (κ3) is 4.02. The smallest absolute Gasteiger partial charge is 0.192 e. The Morgan fingerprint density at radius 3 is 2.79 bits per heavy atom. The number of halogens is 1. The van der Waals surface area contributed by atoms with Crippen LogP contribution in [0.15, 0.2) is 47.8 Å². The van der Waals surface area contributed by atoms with Crippen LogP contribution in [0.25, 0.3) is 11.4 Å². The largest absolute Gasteiger partial charge is 0.376 e. The molecule has 0 saturated carbocycles. The molecule has 2 aromatic heterocycles. The van der Waals surface area contributed by atoms with Crippen LogP contribution >= 0.6 is 11.8 Å². The van der Waals surface area contributed by atoms with Gasteiger partial charge in [0.15, 0.2) is 16.8 Å².